The average Bonchev–Trinajstić information content (AvgIpc) is 2.56. The Morgan fingerprint density at radius 2 is 1.52 bits per heavy atom. The van der Waals surface area contributed by atoms with Crippen LogP contribution >= 0.6 is 11.6 Å². The summed E-state index contributed by atoms with van der Waals surface area (Å²) in [4.78, 5) is 12.6. The Morgan fingerprint density at radius 1 is 0.857 bits per heavy atom. The standard InChI is InChI=1S/C17H11ClN2O/c18-14-8-6-12(7-9-14)15-10-19-20-11-16(15)17(21)13-4-2-1-3-5-13/h1-11H. The second kappa shape index (κ2) is 5.85. The summed E-state index contributed by atoms with van der Waals surface area (Å²) in [6.45, 7) is 0. The van der Waals surface area contributed by atoms with Crippen molar-refractivity contribution in [2.24, 2.45) is 0 Å². The highest BCUT2D eigenvalue weighted by Crippen LogP contribution is 2.25. The first-order valence-corrected chi connectivity index (χ1v) is 6.80. The van der Waals surface area contributed by atoms with Crippen molar-refractivity contribution in [2.75, 3.05) is 0 Å². The maximum Gasteiger partial charge on any atom is 0.195 e. The molecule has 0 fully saturated rings. The van der Waals surface area contributed by atoms with Crippen LogP contribution in [0.3, 0.4) is 0 Å². The number of benzene rings is 2. The molecule has 102 valence electrons. The fraction of sp³-hybridized carbons (Fsp3) is 0. The number of hydrogen-bond donors (Lipinski definition) is 0. The lowest BCUT2D eigenvalue weighted by Crippen LogP contribution is -2.05. The molecule has 0 spiro atoms. The van der Waals surface area contributed by atoms with Crippen molar-refractivity contribution >= 4 is 17.4 Å². The van der Waals surface area contributed by atoms with Gasteiger partial charge in [0.2, 0.25) is 0 Å². The summed E-state index contributed by atoms with van der Waals surface area (Å²) in [6.07, 6.45) is 3.10. The van der Waals surface area contributed by atoms with Gasteiger partial charge in [0, 0.05) is 16.1 Å². The van der Waals surface area contributed by atoms with E-state index < -0.39 is 0 Å². The van der Waals surface area contributed by atoms with Crippen LogP contribution in [0.15, 0.2) is 67.0 Å². The first-order chi connectivity index (χ1) is 10.3. The predicted molar refractivity (Wildman–Crippen MR) is 82.4 cm³/mol. The fourth-order valence-electron chi connectivity index (χ4n) is 2.11. The number of hydrogen-bond acceptors (Lipinski definition) is 3. The number of rotatable bonds is 3. The van der Waals surface area contributed by atoms with Gasteiger partial charge in [0.1, 0.15) is 0 Å². The van der Waals surface area contributed by atoms with E-state index in [2.05, 4.69) is 10.2 Å². The molecule has 0 radical (unpaired) electrons. The first-order valence-electron chi connectivity index (χ1n) is 6.42. The SMILES string of the molecule is O=C(c1ccccc1)c1cnncc1-c1ccc(Cl)cc1. The Morgan fingerprint density at radius 3 is 2.24 bits per heavy atom. The number of ketones is 1. The molecule has 0 N–H and O–H groups in total. The van der Waals surface area contributed by atoms with Gasteiger partial charge >= 0.3 is 0 Å². The van der Waals surface area contributed by atoms with E-state index in [0.717, 1.165) is 11.1 Å². The zero-order valence-corrected chi connectivity index (χ0v) is 11.8. The summed E-state index contributed by atoms with van der Waals surface area (Å²) >= 11 is 5.90. The topological polar surface area (TPSA) is 42.9 Å². The molecule has 3 nitrogen and oxygen atoms in total. The lowest BCUT2D eigenvalue weighted by molar-refractivity contribution is 0.103. The molecule has 1 aromatic heterocycles. The van der Waals surface area contributed by atoms with Gasteiger partial charge in [0.05, 0.1) is 18.0 Å². The van der Waals surface area contributed by atoms with Gasteiger partial charge in [-0.2, -0.15) is 10.2 Å². The van der Waals surface area contributed by atoms with Crippen LogP contribution in [0.5, 0.6) is 0 Å². The molecule has 0 aliphatic rings. The van der Waals surface area contributed by atoms with Gasteiger partial charge in [-0.05, 0) is 17.7 Å². The number of aromatic nitrogens is 2. The maximum absolute atomic E-state index is 12.6. The first kappa shape index (κ1) is 13.5. The summed E-state index contributed by atoms with van der Waals surface area (Å²) in [5.41, 5.74) is 2.78. The van der Waals surface area contributed by atoms with E-state index in [4.69, 9.17) is 11.6 Å². The minimum atomic E-state index is -0.0737. The molecule has 21 heavy (non-hydrogen) atoms. The molecular weight excluding hydrogens is 284 g/mol. The fourth-order valence-corrected chi connectivity index (χ4v) is 2.23. The predicted octanol–water partition coefficient (Wildman–Crippen LogP) is 4.03. The van der Waals surface area contributed by atoms with Gasteiger partial charge < -0.3 is 0 Å². The van der Waals surface area contributed by atoms with Crippen molar-refractivity contribution < 1.29 is 4.79 Å². The normalized spacial score (nSPS) is 10.3. The zero-order valence-electron chi connectivity index (χ0n) is 11.0. The maximum atomic E-state index is 12.6. The number of carbonyl (C=O) groups excluding carboxylic acids is 1. The summed E-state index contributed by atoms with van der Waals surface area (Å²) < 4.78 is 0. The zero-order chi connectivity index (χ0) is 14.7. The molecule has 0 bridgehead atoms. The van der Waals surface area contributed by atoms with Gasteiger partial charge in [0.25, 0.3) is 0 Å². The van der Waals surface area contributed by atoms with Crippen LogP contribution in [0, 0.1) is 0 Å². The lowest BCUT2D eigenvalue weighted by Gasteiger charge is -2.08. The summed E-state index contributed by atoms with van der Waals surface area (Å²) in [6, 6.07) is 16.4. The van der Waals surface area contributed by atoms with E-state index in [9.17, 15) is 4.79 Å². The van der Waals surface area contributed by atoms with Crippen molar-refractivity contribution in [1.29, 1.82) is 0 Å². The van der Waals surface area contributed by atoms with Crippen molar-refractivity contribution in [3.8, 4) is 11.1 Å². The third-order valence-electron chi connectivity index (χ3n) is 3.17. The molecule has 0 unspecified atom stereocenters. The molecule has 3 rings (SSSR count). The van der Waals surface area contributed by atoms with Crippen molar-refractivity contribution in [3.63, 3.8) is 0 Å². The van der Waals surface area contributed by atoms with Crippen LogP contribution in [-0.2, 0) is 0 Å². The Kier molecular flexibility index (Phi) is 3.75. The molecule has 1 heterocycles. The van der Waals surface area contributed by atoms with E-state index in [1.54, 1.807) is 30.5 Å². The average molecular weight is 295 g/mol. The van der Waals surface area contributed by atoms with Crippen LogP contribution in [0.4, 0.5) is 0 Å². The molecule has 0 aliphatic carbocycles. The van der Waals surface area contributed by atoms with Gasteiger partial charge in [-0.1, -0.05) is 54.1 Å². The minimum absolute atomic E-state index is 0.0737. The van der Waals surface area contributed by atoms with Crippen LogP contribution in [0.2, 0.25) is 5.02 Å². The summed E-state index contributed by atoms with van der Waals surface area (Å²) in [5.74, 6) is -0.0737. The van der Waals surface area contributed by atoms with Gasteiger partial charge in [-0.3, -0.25) is 4.79 Å². The highest BCUT2D eigenvalue weighted by atomic mass is 35.5. The molecule has 3 aromatic rings. The van der Waals surface area contributed by atoms with Crippen LogP contribution in [0.1, 0.15) is 15.9 Å². The van der Waals surface area contributed by atoms with Crippen LogP contribution in [-0.4, -0.2) is 16.0 Å². The van der Waals surface area contributed by atoms with Crippen molar-refractivity contribution in [3.05, 3.63) is 83.1 Å². The quantitative estimate of drug-likeness (QED) is 0.685. The molecule has 0 saturated carbocycles. The number of carbonyl (C=O) groups is 1. The smallest absolute Gasteiger partial charge is 0.195 e. The number of halogens is 1. The molecule has 0 amide bonds. The van der Waals surface area contributed by atoms with E-state index >= 15 is 0 Å². The summed E-state index contributed by atoms with van der Waals surface area (Å²) in [5, 5.41) is 8.37. The van der Waals surface area contributed by atoms with Gasteiger partial charge in [-0.15, -0.1) is 0 Å². The third-order valence-corrected chi connectivity index (χ3v) is 3.42. The second-order valence-corrected chi connectivity index (χ2v) is 4.95. The minimum Gasteiger partial charge on any atom is -0.289 e. The van der Waals surface area contributed by atoms with Crippen LogP contribution in [0.25, 0.3) is 11.1 Å². The van der Waals surface area contributed by atoms with Crippen LogP contribution < -0.4 is 0 Å². The molecular formula is C17H11ClN2O. The Labute approximate surface area is 127 Å². The third kappa shape index (κ3) is 2.83. The highest BCUT2D eigenvalue weighted by molar-refractivity contribution is 6.30. The Hall–Kier alpha value is -2.52. The van der Waals surface area contributed by atoms with Crippen molar-refractivity contribution in [2.45, 2.75) is 0 Å². The van der Waals surface area contributed by atoms with E-state index in [1.165, 1.54) is 6.20 Å². The second-order valence-electron chi connectivity index (χ2n) is 4.52. The number of nitrogens with zero attached hydrogens (tertiary/aromatic N) is 2. The highest BCUT2D eigenvalue weighted by Gasteiger charge is 2.15. The molecule has 4 heteroatoms. The Balaban J connectivity index is 2.08. The molecule has 0 atom stereocenters. The van der Waals surface area contributed by atoms with E-state index in [-0.39, 0.29) is 5.78 Å². The summed E-state index contributed by atoms with van der Waals surface area (Å²) in [7, 11) is 0. The molecule has 0 saturated heterocycles. The molecule has 0 aliphatic heterocycles. The van der Waals surface area contributed by atoms with Gasteiger partial charge in [0.15, 0.2) is 5.78 Å². The van der Waals surface area contributed by atoms with E-state index in [1.807, 2.05) is 30.3 Å². The monoisotopic (exact) mass is 294 g/mol. The van der Waals surface area contributed by atoms with Crippen molar-refractivity contribution in [1.82, 2.24) is 10.2 Å². The van der Waals surface area contributed by atoms with Gasteiger partial charge in [-0.25, -0.2) is 0 Å². The Bertz CT molecular complexity index is 770. The largest absolute Gasteiger partial charge is 0.289 e. The molecule has 2 aromatic carbocycles. The van der Waals surface area contributed by atoms with E-state index in [0.29, 0.717) is 16.1 Å². The lowest BCUT2D eigenvalue weighted by atomic mass is 9.97.